The molecule has 1 atom stereocenters. The van der Waals surface area contributed by atoms with E-state index in [1.54, 1.807) is 0 Å². The lowest BCUT2D eigenvalue weighted by Crippen LogP contribution is -2.37. The maximum absolute atomic E-state index is 11.7. The number of hydrogen-bond donors (Lipinski definition) is 2. The molecule has 0 aromatic heterocycles. The molecule has 5 heteroatoms. The Balaban J connectivity index is 0.00000220. The van der Waals surface area contributed by atoms with Crippen molar-refractivity contribution in [1.29, 1.82) is 0 Å². The summed E-state index contributed by atoms with van der Waals surface area (Å²) in [5, 5.41) is 6.32. The maximum atomic E-state index is 11.7. The Kier molecular flexibility index (Phi) is 7.54. The molecule has 0 bridgehead atoms. The number of halogens is 1. The van der Waals surface area contributed by atoms with Gasteiger partial charge in [0, 0.05) is 12.6 Å². The van der Waals surface area contributed by atoms with Gasteiger partial charge in [0.25, 0.3) is 0 Å². The van der Waals surface area contributed by atoms with Crippen LogP contribution in [0.15, 0.2) is 18.2 Å². The monoisotopic (exact) mass is 312 g/mol. The summed E-state index contributed by atoms with van der Waals surface area (Å²) in [6, 6.07) is 6.43. The number of aryl methyl sites for hydroxylation is 1. The standard InChI is InChI=1S/C16H24N2O2.ClH/c1-12-5-3-7-15(13(12)2)20-10-8-16(19)18-11-14-6-4-9-17-14;/h3,5,7,14,17H,4,6,8-11H2,1-2H3,(H,18,19);1H. The van der Waals surface area contributed by atoms with Crippen LogP contribution in [0.4, 0.5) is 0 Å². The van der Waals surface area contributed by atoms with Gasteiger partial charge in [0.2, 0.25) is 5.91 Å². The summed E-state index contributed by atoms with van der Waals surface area (Å²) in [5.41, 5.74) is 2.35. The van der Waals surface area contributed by atoms with Gasteiger partial charge in [0.05, 0.1) is 13.0 Å². The van der Waals surface area contributed by atoms with E-state index in [1.807, 2.05) is 19.1 Å². The molecule has 1 heterocycles. The smallest absolute Gasteiger partial charge is 0.223 e. The van der Waals surface area contributed by atoms with Crippen LogP contribution in [-0.4, -0.2) is 31.6 Å². The van der Waals surface area contributed by atoms with Gasteiger partial charge in [-0.1, -0.05) is 12.1 Å². The molecule has 0 spiro atoms. The fourth-order valence-corrected chi connectivity index (χ4v) is 2.39. The molecule has 4 nitrogen and oxygen atoms in total. The van der Waals surface area contributed by atoms with Gasteiger partial charge in [-0.2, -0.15) is 0 Å². The van der Waals surface area contributed by atoms with Crippen LogP contribution in [-0.2, 0) is 4.79 Å². The fraction of sp³-hybridized carbons (Fsp3) is 0.562. The van der Waals surface area contributed by atoms with Gasteiger partial charge in [-0.3, -0.25) is 4.79 Å². The molecular formula is C16H25ClN2O2. The Morgan fingerprint density at radius 2 is 2.24 bits per heavy atom. The number of rotatable bonds is 6. The second-order valence-electron chi connectivity index (χ2n) is 5.39. The summed E-state index contributed by atoms with van der Waals surface area (Å²) in [4.78, 5) is 11.7. The van der Waals surface area contributed by atoms with Crippen molar-refractivity contribution in [3.63, 3.8) is 0 Å². The van der Waals surface area contributed by atoms with E-state index >= 15 is 0 Å². The first-order valence-electron chi connectivity index (χ1n) is 7.36. The zero-order valence-electron chi connectivity index (χ0n) is 12.8. The van der Waals surface area contributed by atoms with Crippen LogP contribution in [0.1, 0.15) is 30.4 Å². The molecule has 1 fully saturated rings. The van der Waals surface area contributed by atoms with Gasteiger partial charge in [-0.25, -0.2) is 0 Å². The molecule has 1 saturated heterocycles. The minimum absolute atomic E-state index is 0. The lowest BCUT2D eigenvalue weighted by molar-refractivity contribution is -0.121. The highest BCUT2D eigenvalue weighted by molar-refractivity contribution is 5.85. The van der Waals surface area contributed by atoms with Gasteiger partial charge in [-0.15, -0.1) is 12.4 Å². The summed E-state index contributed by atoms with van der Waals surface area (Å²) in [7, 11) is 0. The lowest BCUT2D eigenvalue weighted by atomic mass is 10.1. The molecule has 2 rings (SSSR count). The number of carbonyl (C=O) groups is 1. The molecule has 1 unspecified atom stereocenters. The molecule has 118 valence electrons. The topological polar surface area (TPSA) is 50.4 Å². The average Bonchev–Trinajstić information content (AvgIpc) is 2.94. The highest BCUT2D eigenvalue weighted by atomic mass is 35.5. The Bertz CT molecular complexity index is 460. The first kappa shape index (κ1) is 17.8. The number of hydrogen-bond acceptors (Lipinski definition) is 3. The quantitative estimate of drug-likeness (QED) is 0.848. The molecule has 1 aliphatic heterocycles. The molecule has 21 heavy (non-hydrogen) atoms. The molecule has 0 saturated carbocycles. The van der Waals surface area contributed by atoms with E-state index in [0.29, 0.717) is 19.1 Å². The van der Waals surface area contributed by atoms with Crippen molar-refractivity contribution in [2.75, 3.05) is 19.7 Å². The van der Waals surface area contributed by atoms with E-state index in [9.17, 15) is 4.79 Å². The van der Waals surface area contributed by atoms with Gasteiger partial charge in [0.15, 0.2) is 0 Å². The lowest BCUT2D eigenvalue weighted by Gasteiger charge is -2.13. The van der Waals surface area contributed by atoms with E-state index in [2.05, 4.69) is 23.6 Å². The van der Waals surface area contributed by atoms with Crippen molar-refractivity contribution in [3.8, 4) is 5.75 Å². The van der Waals surface area contributed by atoms with Crippen molar-refractivity contribution in [3.05, 3.63) is 29.3 Å². The fourth-order valence-electron chi connectivity index (χ4n) is 2.39. The largest absolute Gasteiger partial charge is 0.493 e. The number of benzene rings is 1. The van der Waals surface area contributed by atoms with E-state index in [-0.39, 0.29) is 18.3 Å². The van der Waals surface area contributed by atoms with E-state index in [1.165, 1.54) is 12.0 Å². The minimum Gasteiger partial charge on any atom is -0.493 e. The second kappa shape index (κ2) is 8.90. The summed E-state index contributed by atoms with van der Waals surface area (Å²) in [6.07, 6.45) is 2.76. The normalized spacial score (nSPS) is 17.1. The maximum Gasteiger partial charge on any atom is 0.223 e. The molecule has 1 aromatic rings. The third-order valence-electron chi connectivity index (χ3n) is 3.85. The zero-order chi connectivity index (χ0) is 14.4. The van der Waals surface area contributed by atoms with Crippen molar-refractivity contribution < 1.29 is 9.53 Å². The van der Waals surface area contributed by atoms with Crippen LogP contribution >= 0.6 is 12.4 Å². The third kappa shape index (κ3) is 5.56. The zero-order valence-corrected chi connectivity index (χ0v) is 13.6. The Morgan fingerprint density at radius 1 is 1.43 bits per heavy atom. The highest BCUT2D eigenvalue weighted by Crippen LogP contribution is 2.20. The van der Waals surface area contributed by atoms with Crippen LogP contribution < -0.4 is 15.4 Å². The Hall–Kier alpha value is -1.26. The van der Waals surface area contributed by atoms with E-state index < -0.39 is 0 Å². The van der Waals surface area contributed by atoms with E-state index in [0.717, 1.165) is 30.8 Å². The van der Waals surface area contributed by atoms with Crippen LogP contribution in [0, 0.1) is 13.8 Å². The van der Waals surface area contributed by atoms with Crippen LogP contribution in [0.3, 0.4) is 0 Å². The van der Waals surface area contributed by atoms with Crippen molar-refractivity contribution in [2.24, 2.45) is 0 Å². The van der Waals surface area contributed by atoms with Crippen molar-refractivity contribution in [1.82, 2.24) is 10.6 Å². The molecular weight excluding hydrogens is 288 g/mol. The van der Waals surface area contributed by atoms with Gasteiger partial charge in [-0.05, 0) is 50.4 Å². The first-order valence-corrected chi connectivity index (χ1v) is 7.36. The summed E-state index contributed by atoms with van der Waals surface area (Å²) in [6.45, 7) is 6.31. The molecule has 0 radical (unpaired) electrons. The Labute approximate surface area is 133 Å². The third-order valence-corrected chi connectivity index (χ3v) is 3.85. The molecule has 1 aromatic carbocycles. The predicted molar refractivity (Wildman–Crippen MR) is 87.3 cm³/mol. The minimum atomic E-state index is 0. The first-order chi connectivity index (χ1) is 9.66. The van der Waals surface area contributed by atoms with Gasteiger partial charge >= 0.3 is 0 Å². The van der Waals surface area contributed by atoms with Gasteiger partial charge in [0.1, 0.15) is 5.75 Å². The molecule has 1 amide bonds. The number of ether oxygens (including phenoxy) is 1. The summed E-state index contributed by atoms with van der Waals surface area (Å²) >= 11 is 0. The van der Waals surface area contributed by atoms with Crippen molar-refractivity contribution >= 4 is 18.3 Å². The summed E-state index contributed by atoms with van der Waals surface area (Å²) < 4.78 is 5.68. The number of carbonyl (C=O) groups excluding carboxylic acids is 1. The van der Waals surface area contributed by atoms with Crippen molar-refractivity contribution in [2.45, 2.75) is 39.2 Å². The number of amides is 1. The SMILES string of the molecule is Cc1cccc(OCCC(=O)NCC2CCCN2)c1C.Cl. The highest BCUT2D eigenvalue weighted by Gasteiger charge is 2.14. The predicted octanol–water partition coefficient (Wildman–Crippen LogP) is 2.36. The molecule has 1 aliphatic rings. The van der Waals surface area contributed by atoms with E-state index in [4.69, 9.17) is 4.74 Å². The Morgan fingerprint density at radius 3 is 2.95 bits per heavy atom. The van der Waals surface area contributed by atoms with Crippen LogP contribution in [0.25, 0.3) is 0 Å². The summed E-state index contributed by atoms with van der Waals surface area (Å²) in [5.74, 6) is 0.930. The number of nitrogens with one attached hydrogen (secondary N) is 2. The molecule has 0 aliphatic carbocycles. The van der Waals surface area contributed by atoms with Crippen LogP contribution in [0.5, 0.6) is 5.75 Å². The molecule has 2 N–H and O–H groups in total. The average molecular weight is 313 g/mol. The second-order valence-corrected chi connectivity index (χ2v) is 5.39. The van der Waals surface area contributed by atoms with Gasteiger partial charge < -0.3 is 15.4 Å². The van der Waals surface area contributed by atoms with Crippen LogP contribution in [0.2, 0.25) is 0 Å².